The summed E-state index contributed by atoms with van der Waals surface area (Å²) in [4.78, 5) is 2.22. The lowest BCUT2D eigenvalue weighted by Gasteiger charge is -2.30. The summed E-state index contributed by atoms with van der Waals surface area (Å²) in [6, 6.07) is 5.36. The summed E-state index contributed by atoms with van der Waals surface area (Å²) >= 11 is 0. The molecule has 1 aromatic rings. The van der Waals surface area contributed by atoms with Gasteiger partial charge in [-0.2, -0.15) is 0 Å². The number of halogens is 1. The Balaban J connectivity index is 1.86. The Bertz CT molecular complexity index is 886. The fourth-order valence-electron chi connectivity index (χ4n) is 3.53. The quantitative estimate of drug-likeness (QED) is 0.884. The van der Waals surface area contributed by atoms with Crippen molar-refractivity contribution < 1.29 is 4.39 Å². The van der Waals surface area contributed by atoms with Crippen LogP contribution >= 0.6 is 0 Å². The van der Waals surface area contributed by atoms with Crippen molar-refractivity contribution in [2.45, 2.75) is 13.8 Å². The van der Waals surface area contributed by atoms with Crippen LogP contribution in [0.1, 0.15) is 18.1 Å². The van der Waals surface area contributed by atoms with Gasteiger partial charge in [-0.15, -0.1) is 0 Å². The van der Waals surface area contributed by atoms with Crippen molar-refractivity contribution in [3.05, 3.63) is 88.1 Å². The van der Waals surface area contributed by atoms with E-state index in [-0.39, 0.29) is 5.82 Å². The third-order valence-corrected chi connectivity index (χ3v) is 4.95. The summed E-state index contributed by atoms with van der Waals surface area (Å²) in [5.74, 6) is -0.162. The smallest absolute Gasteiger partial charge is 0.126 e. The first-order chi connectivity index (χ1) is 12.0. The van der Waals surface area contributed by atoms with Crippen molar-refractivity contribution in [3.8, 4) is 0 Å². The summed E-state index contributed by atoms with van der Waals surface area (Å²) in [6.07, 6.45) is 10.8. The Morgan fingerprint density at radius 3 is 2.80 bits per heavy atom. The number of fused-ring (bicyclic) bond motifs is 1. The SMILES string of the molecule is CC1=C2C=C(C3=C(c4ccc(F)c(C)c4)N(C)CC=C3)C=CN2NC1. The number of hydrogen-bond donors (Lipinski definition) is 1. The molecular weight excluding hydrogens is 313 g/mol. The summed E-state index contributed by atoms with van der Waals surface area (Å²) < 4.78 is 13.7. The van der Waals surface area contributed by atoms with Crippen LogP contribution < -0.4 is 5.43 Å². The van der Waals surface area contributed by atoms with Crippen molar-refractivity contribution in [3.63, 3.8) is 0 Å². The first kappa shape index (κ1) is 15.9. The van der Waals surface area contributed by atoms with Gasteiger partial charge in [-0.1, -0.05) is 12.2 Å². The zero-order valence-corrected chi connectivity index (χ0v) is 14.8. The summed E-state index contributed by atoms with van der Waals surface area (Å²) in [6.45, 7) is 5.69. The Kier molecular flexibility index (Phi) is 3.85. The van der Waals surface area contributed by atoms with Gasteiger partial charge in [0.2, 0.25) is 0 Å². The lowest BCUT2D eigenvalue weighted by Crippen LogP contribution is -2.27. The third kappa shape index (κ3) is 2.72. The molecule has 0 unspecified atom stereocenters. The Labute approximate surface area is 148 Å². The van der Waals surface area contributed by atoms with Crippen molar-refractivity contribution in [1.29, 1.82) is 0 Å². The van der Waals surface area contributed by atoms with Crippen molar-refractivity contribution in [2.75, 3.05) is 20.1 Å². The molecule has 0 saturated heterocycles. The number of nitrogens with zero attached hydrogens (tertiary/aromatic N) is 2. The van der Waals surface area contributed by atoms with Crippen LogP contribution in [0, 0.1) is 12.7 Å². The van der Waals surface area contributed by atoms with E-state index in [9.17, 15) is 4.39 Å². The van der Waals surface area contributed by atoms with E-state index in [1.807, 2.05) is 19.1 Å². The molecule has 0 bridgehead atoms. The minimum atomic E-state index is -0.162. The van der Waals surface area contributed by atoms with Crippen LogP contribution in [0.15, 0.2) is 71.1 Å². The standard InChI is InChI=1S/C21H22FN3/c1-14-11-17(6-7-19(14)22)21-18(5-4-9-24(21)3)16-8-10-25-20(12-16)15(2)13-23-25/h4-8,10-12,23H,9,13H2,1-3H3. The second kappa shape index (κ2) is 6.05. The molecule has 3 aliphatic heterocycles. The first-order valence-corrected chi connectivity index (χ1v) is 8.56. The minimum Gasteiger partial charge on any atom is -0.370 e. The monoisotopic (exact) mass is 335 g/mol. The van der Waals surface area contributed by atoms with E-state index in [1.165, 1.54) is 22.4 Å². The van der Waals surface area contributed by atoms with E-state index in [2.05, 4.69) is 59.8 Å². The zero-order chi connectivity index (χ0) is 17.6. The third-order valence-electron chi connectivity index (χ3n) is 4.95. The van der Waals surface area contributed by atoms with Gasteiger partial charge in [0.25, 0.3) is 0 Å². The molecule has 3 heterocycles. The van der Waals surface area contributed by atoms with E-state index in [1.54, 1.807) is 6.07 Å². The maximum Gasteiger partial charge on any atom is 0.126 e. The molecule has 0 amide bonds. The number of hydrogen-bond acceptors (Lipinski definition) is 3. The number of hydrazine groups is 1. The summed E-state index contributed by atoms with van der Waals surface area (Å²) in [7, 11) is 2.08. The first-order valence-electron chi connectivity index (χ1n) is 8.56. The number of nitrogens with one attached hydrogen (secondary N) is 1. The number of allylic oxidation sites excluding steroid dienone is 5. The van der Waals surface area contributed by atoms with Crippen LogP contribution in [0.2, 0.25) is 0 Å². The van der Waals surface area contributed by atoms with Gasteiger partial charge in [0.15, 0.2) is 0 Å². The number of benzene rings is 1. The van der Waals surface area contributed by atoms with Crippen LogP contribution in [0.5, 0.6) is 0 Å². The molecule has 25 heavy (non-hydrogen) atoms. The Morgan fingerprint density at radius 1 is 1.16 bits per heavy atom. The molecule has 0 fully saturated rings. The fourth-order valence-corrected chi connectivity index (χ4v) is 3.53. The molecule has 0 aliphatic carbocycles. The number of likely N-dealkylation sites (N-methyl/N-ethyl adjacent to an activating group) is 1. The topological polar surface area (TPSA) is 18.5 Å². The predicted octanol–water partition coefficient (Wildman–Crippen LogP) is 3.89. The van der Waals surface area contributed by atoms with Gasteiger partial charge in [-0.05, 0) is 66.5 Å². The highest BCUT2D eigenvalue weighted by molar-refractivity contribution is 5.77. The van der Waals surface area contributed by atoms with Gasteiger partial charge in [0.1, 0.15) is 5.82 Å². The molecule has 0 aromatic heterocycles. The van der Waals surface area contributed by atoms with Gasteiger partial charge in [0.05, 0.1) is 11.4 Å². The van der Waals surface area contributed by atoms with E-state index >= 15 is 0 Å². The second-order valence-corrected chi connectivity index (χ2v) is 6.80. The molecule has 4 rings (SSSR count). The molecule has 0 spiro atoms. The average molecular weight is 335 g/mol. The lowest BCUT2D eigenvalue weighted by molar-refractivity contribution is 0.394. The lowest BCUT2D eigenvalue weighted by atomic mass is 9.93. The van der Waals surface area contributed by atoms with E-state index in [0.29, 0.717) is 5.56 Å². The van der Waals surface area contributed by atoms with Crippen molar-refractivity contribution >= 4 is 5.70 Å². The molecule has 3 nitrogen and oxygen atoms in total. The van der Waals surface area contributed by atoms with Gasteiger partial charge in [0, 0.05) is 31.9 Å². The van der Waals surface area contributed by atoms with Crippen LogP contribution in [-0.4, -0.2) is 30.0 Å². The Morgan fingerprint density at radius 2 is 2.00 bits per heavy atom. The molecular formula is C21H22FN3. The summed E-state index contributed by atoms with van der Waals surface area (Å²) in [5.41, 5.74) is 11.1. The largest absolute Gasteiger partial charge is 0.370 e. The van der Waals surface area contributed by atoms with E-state index in [4.69, 9.17) is 0 Å². The molecule has 0 radical (unpaired) electrons. The van der Waals surface area contributed by atoms with Crippen LogP contribution in [0.25, 0.3) is 5.70 Å². The zero-order valence-electron chi connectivity index (χ0n) is 14.8. The average Bonchev–Trinajstić information content (AvgIpc) is 2.98. The summed E-state index contributed by atoms with van der Waals surface area (Å²) in [5, 5.41) is 2.07. The van der Waals surface area contributed by atoms with E-state index < -0.39 is 0 Å². The van der Waals surface area contributed by atoms with Gasteiger partial charge in [-0.3, -0.25) is 5.01 Å². The molecule has 4 heteroatoms. The number of aryl methyl sites for hydroxylation is 1. The fraction of sp³-hybridized carbons (Fsp3) is 0.238. The van der Waals surface area contributed by atoms with Crippen LogP contribution in [-0.2, 0) is 0 Å². The molecule has 0 saturated carbocycles. The highest BCUT2D eigenvalue weighted by atomic mass is 19.1. The molecule has 0 atom stereocenters. The van der Waals surface area contributed by atoms with Gasteiger partial charge >= 0.3 is 0 Å². The number of rotatable bonds is 2. The maximum absolute atomic E-state index is 13.7. The van der Waals surface area contributed by atoms with Gasteiger partial charge in [-0.25, -0.2) is 9.82 Å². The Hall–Kier alpha value is -2.59. The highest BCUT2D eigenvalue weighted by Crippen LogP contribution is 2.34. The molecule has 1 aromatic carbocycles. The van der Waals surface area contributed by atoms with E-state index in [0.717, 1.165) is 24.4 Å². The second-order valence-electron chi connectivity index (χ2n) is 6.80. The van der Waals surface area contributed by atoms with Crippen molar-refractivity contribution in [2.24, 2.45) is 0 Å². The molecule has 1 N–H and O–H groups in total. The van der Waals surface area contributed by atoms with Crippen molar-refractivity contribution in [1.82, 2.24) is 15.3 Å². The minimum absolute atomic E-state index is 0.162. The van der Waals surface area contributed by atoms with Gasteiger partial charge < -0.3 is 4.90 Å². The van der Waals surface area contributed by atoms with Crippen LogP contribution in [0.4, 0.5) is 4.39 Å². The predicted molar refractivity (Wildman–Crippen MR) is 99.6 cm³/mol. The maximum atomic E-state index is 13.7. The normalized spacial score (nSPS) is 19.8. The molecule has 128 valence electrons. The highest BCUT2D eigenvalue weighted by Gasteiger charge is 2.23. The van der Waals surface area contributed by atoms with Crippen LogP contribution in [0.3, 0.4) is 0 Å². The molecule has 3 aliphatic rings.